The maximum atomic E-state index is 12.8. The van der Waals surface area contributed by atoms with Crippen LogP contribution in [0.25, 0.3) is 5.95 Å². The van der Waals surface area contributed by atoms with E-state index < -0.39 is 17.6 Å². The monoisotopic (exact) mass is 576 g/mol. The van der Waals surface area contributed by atoms with Crippen molar-refractivity contribution in [3.63, 3.8) is 0 Å². The normalized spacial score (nSPS) is 11.0. The van der Waals surface area contributed by atoms with Crippen LogP contribution in [0.1, 0.15) is 42.3 Å². The molecule has 0 aliphatic rings. The third kappa shape index (κ3) is 8.48. The number of carboxylic acid groups (broad SMARTS) is 1. The van der Waals surface area contributed by atoms with Crippen molar-refractivity contribution < 1.29 is 24.2 Å². The molecule has 2 aromatic carbocycles. The smallest absolute Gasteiger partial charge is 0.350 e. The highest BCUT2D eigenvalue weighted by Gasteiger charge is 2.23. The van der Waals surface area contributed by atoms with Crippen molar-refractivity contribution in [1.82, 2.24) is 30.0 Å². The first-order valence-electron chi connectivity index (χ1n) is 12.8. The molecule has 14 heteroatoms. The number of carbonyl (C=O) groups excluding carboxylic acids is 1. The van der Waals surface area contributed by atoms with Crippen LogP contribution in [-0.2, 0) is 16.0 Å². The summed E-state index contributed by atoms with van der Waals surface area (Å²) < 4.78 is 12.6. The van der Waals surface area contributed by atoms with Crippen molar-refractivity contribution in [2.24, 2.45) is 5.73 Å². The molecule has 1 unspecified atom stereocenters. The van der Waals surface area contributed by atoms with Crippen LogP contribution >= 0.6 is 0 Å². The Morgan fingerprint density at radius 2 is 1.79 bits per heavy atom. The molecule has 0 fully saturated rings. The molecular weight excluding hydrogens is 544 g/mol. The van der Waals surface area contributed by atoms with E-state index in [0.717, 1.165) is 22.7 Å². The Balaban J connectivity index is 0.00000114. The van der Waals surface area contributed by atoms with E-state index in [1.54, 1.807) is 24.3 Å². The van der Waals surface area contributed by atoms with Gasteiger partial charge < -0.3 is 25.6 Å². The molecule has 4 aromatic rings. The molecule has 6 N–H and O–H groups in total. The zero-order valence-corrected chi connectivity index (χ0v) is 23.3. The van der Waals surface area contributed by atoms with Gasteiger partial charge in [0.05, 0.1) is 6.61 Å². The van der Waals surface area contributed by atoms with Gasteiger partial charge in [0.15, 0.2) is 18.1 Å². The summed E-state index contributed by atoms with van der Waals surface area (Å²) in [4.78, 5) is 44.6. The average Bonchev–Trinajstić information content (AvgIpc) is 3.36. The second-order valence-electron chi connectivity index (χ2n) is 8.76. The lowest BCUT2D eigenvalue weighted by Gasteiger charge is -2.18. The number of aromatic nitrogens is 5. The standard InChI is InChI=1S/C26H28N8O4.C2H4O2/c1-3-37-21-14-18(9-10-20(21)38-15-22(35)29-2)19(13-16-5-7-17(8-6-16)23(27)28)24-32-26(36)34(33-24)25-30-11-4-12-31-25;1-2(3)4/h4-12,14,19H,3,13,15H2,1-2H3,(H3,27,28)(H,29,35)(H,32,33,36);1H3,(H,3,4). The number of aromatic amines is 1. The van der Waals surface area contributed by atoms with Crippen LogP contribution < -0.4 is 26.2 Å². The van der Waals surface area contributed by atoms with Gasteiger partial charge in [-0.05, 0) is 42.7 Å². The van der Waals surface area contributed by atoms with E-state index in [9.17, 15) is 9.59 Å². The Morgan fingerprint density at radius 1 is 1.12 bits per heavy atom. The summed E-state index contributed by atoms with van der Waals surface area (Å²) >= 11 is 0. The van der Waals surface area contributed by atoms with Crippen molar-refractivity contribution in [1.29, 1.82) is 5.41 Å². The van der Waals surface area contributed by atoms with Gasteiger partial charge in [0.1, 0.15) is 11.7 Å². The van der Waals surface area contributed by atoms with Gasteiger partial charge in [-0.25, -0.2) is 14.8 Å². The summed E-state index contributed by atoms with van der Waals surface area (Å²) in [6.45, 7) is 3.16. The van der Waals surface area contributed by atoms with Gasteiger partial charge in [0.25, 0.3) is 17.8 Å². The molecule has 2 aromatic heterocycles. The Bertz CT molecular complexity index is 1560. The molecule has 0 bridgehead atoms. The molecule has 0 radical (unpaired) electrons. The average molecular weight is 577 g/mol. The van der Waals surface area contributed by atoms with Gasteiger partial charge in [-0.1, -0.05) is 30.3 Å². The van der Waals surface area contributed by atoms with Crippen LogP contribution in [0, 0.1) is 5.41 Å². The quantitative estimate of drug-likeness (QED) is 0.129. The number of carbonyl (C=O) groups is 2. The van der Waals surface area contributed by atoms with Gasteiger partial charge in [0, 0.05) is 37.8 Å². The second kappa shape index (κ2) is 14.7. The van der Waals surface area contributed by atoms with Gasteiger partial charge in [-0.3, -0.25) is 20.0 Å². The minimum atomic E-state index is -0.833. The lowest BCUT2D eigenvalue weighted by molar-refractivity contribution is -0.134. The molecule has 14 nitrogen and oxygen atoms in total. The van der Waals surface area contributed by atoms with Crippen molar-refractivity contribution in [3.8, 4) is 17.4 Å². The minimum Gasteiger partial charge on any atom is -0.490 e. The Morgan fingerprint density at radius 3 is 2.38 bits per heavy atom. The fourth-order valence-corrected chi connectivity index (χ4v) is 3.81. The number of nitrogens with zero attached hydrogens (tertiary/aromatic N) is 4. The second-order valence-corrected chi connectivity index (χ2v) is 8.76. The van der Waals surface area contributed by atoms with Gasteiger partial charge in [-0.15, -0.1) is 9.78 Å². The molecule has 2 heterocycles. The van der Waals surface area contributed by atoms with E-state index >= 15 is 0 Å². The number of nitrogens with two attached hydrogens (primary N) is 1. The van der Waals surface area contributed by atoms with E-state index in [1.807, 2.05) is 31.2 Å². The fourth-order valence-electron chi connectivity index (χ4n) is 3.81. The minimum absolute atomic E-state index is 0.0206. The molecule has 42 heavy (non-hydrogen) atoms. The van der Waals surface area contributed by atoms with E-state index in [4.69, 9.17) is 30.5 Å². The summed E-state index contributed by atoms with van der Waals surface area (Å²) in [6, 6.07) is 14.3. The number of benzene rings is 2. The highest BCUT2D eigenvalue weighted by molar-refractivity contribution is 5.94. The van der Waals surface area contributed by atoms with Crippen molar-refractivity contribution in [3.05, 3.63) is 93.9 Å². The molecule has 0 saturated carbocycles. The molecule has 1 amide bonds. The third-order valence-electron chi connectivity index (χ3n) is 5.72. The van der Waals surface area contributed by atoms with E-state index in [1.165, 1.54) is 19.4 Å². The molecule has 0 aliphatic heterocycles. The lowest BCUT2D eigenvalue weighted by atomic mass is 9.90. The first-order chi connectivity index (χ1) is 20.1. The number of amidine groups is 1. The van der Waals surface area contributed by atoms with E-state index in [-0.39, 0.29) is 24.3 Å². The number of hydrogen-bond acceptors (Lipinski definition) is 9. The predicted molar refractivity (Wildman–Crippen MR) is 153 cm³/mol. The Kier molecular flexibility index (Phi) is 10.9. The predicted octanol–water partition coefficient (Wildman–Crippen LogP) is 1.62. The number of carboxylic acids is 1. The van der Waals surface area contributed by atoms with E-state index in [0.29, 0.717) is 35.9 Å². The first-order valence-corrected chi connectivity index (χ1v) is 12.8. The van der Waals surface area contributed by atoms with Crippen molar-refractivity contribution in [2.45, 2.75) is 26.2 Å². The largest absolute Gasteiger partial charge is 0.490 e. The first kappa shape index (κ1) is 31.0. The maximum absolute atomic E-state index is 12.8. The number of amides is 1. The molecular formula is C28H32N8O6. The van der Waals surface area contributed by atoms with E-state index in [2.05, 4.69) is 25.4 Å². The van der Waals surface area contributed by atoms with Gasteiger partial charge in [-0.2, -0.15) is 0 Å². The summed E-state index contributed by atoms with van der Waals surface area (Å²) in [5.41, 5.74) is 7.47. The van der Waals surface area contributed by atoms with Gasteiger partial charge >= 0.3 is 5.69 Å². The number of aliphatic carboxylic acids is 1. The Labute approximate surface area is 241 Å². The van der Waals surface area contributed by atoms with Crippen LogP contribution in [0.3, 0.4) is 0 Å². The molecule has 4 rings (SSSR count). The number of nitrogen functional groups attached to an aromatic ring is 1. The summed E-state index contributed by atoms with van der Waals surface area (Å²) in [5, 5.41) is 22.1. The van der Waals surface area contributed by atoms with Crippen LogP contribution in [0.4, 0.5) is 0 Å². The SMILES string of the molecule is CC(=O)O.CCOc1cc(C(Cc2ccc(C(=N)N)cc2)c2nn(-c3ncccn3)c(=O)[nH]2)ccc1OCC(=O)NC. The summed E-state index contributed by atoms with van der Waals surface area (Å²) in [7, 11) is 1.53. The zero-order chi connectivity index (χ0) is 30.6. The number of likely N-dealkylation sites (N-methyl/N-ethyl adjacent to an activating group) is 1. The number of hydrogen-bond donors (Lipinski definition) is 5. The highest BCUT2D eigenvalue weighted by atomic mass is 16.5. The Hall–Kier alpha value is -5.53. The van der Waals surface area contributed by atoms with Crippen LogP contribution in [0.2, 0.25) is 0 Å². The van der Waals surface area contributed by atoms with Crippen LogP contribution in [0.15, 0.2) is 65.7 Å². The third-order valence-corrected chi connectivity index (χ3v) is 5.72. The molecule has 220 valence electrons. The topological polar surface area (TPSA) is 211 Å². The number of H-pyrrole nitrogens is 1. The fraction of sp³-hybridized carbons (Fsp3) is 0.250. The molecule has 0 spiro atoms. The molecule has 1 atom stereocenters. The highest BCUT2D eigenvalue weighted by Crippen LogP contribution is 2.34. The number of nitrogens with one attached hydrogen (secondary N) is 3. The van der Waals surface area contributed by atoms with Crippen LogP contribution in [0.5, 0.6) is 11.5 Å². The number of ether oxygens (including phenoxy) is 2. The number of rotatable bonds is 11. The maximum Gasteiger partial charge on any atom is 0.350 e. The van der Waals surface area contributed by atoms with Crippen molar-refractivity contribution >= 4 is 17.7 Å². The molecule has 0 saturated heterocycles. The zero-order valence-electron chi connectivity index (χ0n) is 23.3. The lowest BCUT2D eigenvalue weighted by Crippen LogP contribution is -2.25. The summed E-state index contributed by atoms with van der Waals surface area (Å²) in [5.74, 6) is -0.0954. The van der Waals surface area contributed by atoms with Gasteiger partial charge in [0.2, 0.25) is 0 Å². The van der Waals surface area contributed by atoms with Crippen molar-refractivity contribution in [2.75, 3.05) is 20.3 Å². The van der Waals surface area contributed by atoms with Crippen LogP contribution in [-0.4, -0.2) is 67.8 Å². The summed E-state index contributed by atoms with van der Waals surface area (Å²) in [6.07, 6.45) is 3.52. The molecule has 0 aliphatic carbocycles.